The smallest absolute Gasteiger partial charge is 0.315 e. The molecular weight excluding hydrogens is 689 g/mol. The van der Waals surface area contributed by atoms with E-state index in [0.29, 0.717) is 67.7 Å². The number of nitrogens with one attached hydrogen (secondary N) is 4. The number of aliphatic hydroxyl groups excluding tert-OH is 2. The Morgan fingerprint density at radius 3 is 2.44 bits per heavy atom. The van der Waals surface area contributed by atoms with Gasteiger partial charge in [-0.2, -0.15) is 14.8 Å². The summed E-state index contributed by atoms with van der Waals surface area (Å²) in [5.41, 5.74) is 4.18. The molecule has 4 aromatic heterocycles. The zero-order chi connectivity index (χ0) is 37.2. The van der Waals surface area contributed by atoms with Crippen LogP contribution in [0.1, 0.15) is 73.4 Å². The highest BCUT2D eigenvalue weighted by molar-refractivity contribution is 5.84. The number of carbonyl (C=O) groups excluding carboxylic acids is 1. The van der Waals surface area contributed by atoms with E-state index < -0.39 is 24.3 Å². The van der Waals surface area contributed by atoms with Crippen LogP contribution in [0.4, 0.5) is 16.6 Å². The molecule has 2 amide bonds. The van der Waals surface area contributed by atoms with Crippen LogP contribution in [0.2, 0.25) is 0 Å². The molecule has 2 fully saturated rings. The van der Waals surface area contributed by atoms with Crippen LogP contribution >= 0.6 is 0 Å². The molecule has 2 unspecified atom stereocenters. The summed E-state index contributed by atoms with van der Waals surface area (Å²) in [7, 11) is 0. The van der Waals surface area contributed by atoms with Crippen LogP contribution < -0.4 is 20.9 Å². The molecule has 0 radical (unpaired) electrons. The lowest BCUT2D eigenvalue weighted by atomic mass is 9.91. The van der Waals surface area contributed by atoms with Crippen LogP contribution in [0.15, 0.2) is 79.5 Å². The number of amides is 2. The molecule has 1 saturated carbocycles. The molecule has 0 spiro atoms. The third-order valence-electron chi connectivity index (χ3n) is 10.5. The lowest BCUT2D eigenvalue weighted by Gasteiger charge is -2.22. The molecule has 6 atom stereocenters. The molecule has 17 heteroatoms. The van der Waals surface area contributed by atoms with Crippen molar-refractivity contribution in [2.75, 3.05) is 29.9 Å². The molecule has 8 rings (SSSR count). The predicted molar refractivity (Wildman–Crippen MR) is 200 cm³/mol. The van der Waals surface area contributed by atoms with E-state index >= 15 is 0 Å². The van der Waals surface area contributed by atoms with Gasteiger partial charge in [0.05, 0.1) is 36.6 Å². The lowest BCUT2D eigenvalue weighted by Crippen LogP contribution is -2.44. The Balaban J connectivity index is 1.09. The average molecular weight is 733 g/mol. The molecule has 280 valence electrons. The van der Waals surface area contributed by atoms with Crippen molar-refractivity contribution in [1.29, 1.82) is 0 Å². The highest BCUT2D eigenvalue weighted by Crippen LogP contribution is 2.40. The molecule has 2 aromatic carbocycles. The largest absolute Gasteiger partial charge is 0.388 e. The second kappa shape index (κ2) is 15.2. The van der Waals surface area contributed by atoms with E-state index in [4.69, 9.17) is 15.0 Å². The summed E-state index contributed by atoms with van der Waals surface area (Å²) in [5.74, 6) is 1.59. The van der Waals surface area contributed by atoms with E-state index in [9.17, 15) is 15.0 Å². The van der Waals surface area contributed by atoms with Gasteiger partial charge in [-0.3, -0.25) is 0 Å². The molecule has 6 aromatic rings. The number of hydrogen-bond acceptors (Lipinski definition) is 12. The van der Waals surface area contributed by atoms with E-state index in [1.807, 2.05) is 59.7 Å². The molecular formula is C37H44N14O3. The van der Waals surface area contributed by atoms with Gasteiger partial charge in [-0.25, -0.2) is 14.8 Å². The number of carbonyl (C=O) groups is 1. The van der Waals surface area contributed by atoms with E-state index in [1.165, 1.54) is 4.80 Å². The Bertz CT molecular complexity index is 2120. The van der Waals surface area contributed by atoms with Crippen molar-refractivity contribution in [1.82, 2.24) is 60.3 Å². The number of benzene rings is 2. The number of fused-ring (bicyclic) bond motifs is 1. The minimum atomic E-state index is -1.14. The zero-order valence-corrected chi connectivity index (χ0v) is 30.1. The minimum absolute atomic E-state index is 0.0155. The van der Waals surface area contributed by atoms with E-state index in [0.717, 1.165) is 16.8 Å². The Morgan fingerprint density at radius 2 is 1.76 bits per heavy atom. The van der Waals surface area contributed by atoms with Gasteiger partial charge in [-0.15, -0.1) is 10.2 Å². The van der Waals surface area contributed by atoms with Gasteiger partial charge in [0.1, 0.15) is 18.2 Å². The van der Waals surface area contributed by atoms with Gasteiger partial charge in [0.15, 0.2) is 22.8 Å². The number of nitrogens with zero attached hydrogens (tertiary/aromatic N) is 10. The number of anilines is 2. The van der Waals surface area contributed by atoms with Crippen LogP contribution in [-0.4, -0.2) is 104 Å². The summed E-state index contributed by atoms with van der Waals surface area (Å²) in [5, 5.41) is 44.9. The Labute approximate surface area is 311 Å². The second-order valence-electron chi connectivity index (χ2n) is 14.0. The van der Waals surface area contributed by atoms with Crippen LogP contribution in [0, 0.1) is 0 Å². The maximum absolute atomic E-state index is 12.9. The first kappa shape index (κ1) is 35.1. The van der Waals surface area contributed by atoms with Gasteiger partial charge >= 0.3 is 6.03 Å². The van der Waals surface area contributed by atoms with Gasteiger partial charge in [-0.1, -0.05) is 67.6 Å². The molecule has 6 N–H and O–H groups in total. The number of H-pyrrole nitrogens is 1. The van der Waals surface area contributed by atoms with E-state index in [-0.39, 0.29) is 24.0 Å². The number of aliphatic hydroxyl groups is 2. The average Bonchev–Trinajstić information content (AvgIpc) is 4.05. The van der Waals surface area contributed by atoms with Gasteiger partial charge in [0.2, 0.25) is 5.95 Å². The molecule has 5 heterocycles. The molecule has 1 aliphatic heterocycles. The summed E-state index contributed by atoms with van der Waals surface area (Å²) in [6, 6.07) is 18.8. The summed E-state index contributed by atoms with van der Waals surface area (Å²) < 4.78 is 1.82. The van der Waals surface area contributed by atoms with Crippen molar-refractivity contribution in [2.24, 2.45) is 0 Å². The number of hydrogen-bond donors (Lipinski definition) is 6. The zero-order valence-electron chi connectivity index (χ0n) is 30.1. The Hall–Kier alpha value is -5.94. The number of urea groups is 1. The van der Waals surface area contributed by atoms with Crippen molar-refractivity contribution in [3.8, 4) is 0 Å². The number of aromatic nitrogens is 10. The van der Waals surface area contributed by atoms with E-state index in [2.05, 4.69) is 65.6 Å². The SMILES string of the molecule is CCc1nnn([C@H]2C[C@@H](n3cnc4c(NCC(c5ccccc5)c5ccccc5)nc(N5CCC(NC(=O)NC(C)c6cnc[nH]6)C5)nc43)[C@H](O)[C@@H]2O)n1. The summed E-state index contributed by atoms with van der Waals surface area (Å²) in [4.78, 5) is 38.3. The number of rotatable bonds is 12. The molecule has 54 heavy (non-hydrogen) atoms. The molecule has 17 nitrogen and oxygen atoms in total. The number of aryl methyl sites for hydroxylation is 1. The van der Waals surface area contributed by atoms with Crippen LogP contribution in [0.3, 0.4) is 0 Å². The highest BCUT2D eigenvalue weighted by Gasteiger charge is 2.45. The second-order valence-corrected chi connectivity index (χ2v) is 14.0. The topological polar surface area (TPSA) is 213 Å². The Morgan fingerprint density at radius 1 is 1.02 bits per heavy atom. The number of tetrazole rings is 1. The van der Waals surface area contributed by atoms with Crippen molar-refractivity contribution in [3.63, 3.8) is 0 Å². The summed E-state index contributed by atoms with van der Waals surface area (Å²) in [6.45, 7) is 5.45. The first-order valence-corrected chi connectivity index (χ1v) is 18.4. The quantitative estimate of drug-likeness (QED) is 0.107. The third-order valence-corrected chi connectivity index (χ3v) is 10.5. The number of imidazole rings is 2. The fraction of sp³-hybridized carbons (Fsp3) is 0.405. The lowest BCUT2D eigenvalue weighted by molar-refractivity contribution is 0.00473. The Kier molecular flexibility index (Phi) is 9.88. The standard InChI is InChI=1S/C37H44N14O3/c1-3-30-46-48-51(47-30)29-16-28(32(52)33(29)53)50-21-41-31-34(39-17-26(23-10-6-4-7-11-23)24-12-8-5-9-13-24)44-36(45-35(31)50)49-15-14-25(19-49)43-37(54)42-22(2)27-18-38-20-40-27/h4-13,18,20-22,25-26,28-29,32-33,52-53H,3,14-17,19H2,1-2H3,(H,38,40)(H,39,44,45)(H2,42,43,54)/t22?,25?,28-,29+,32+,33-/m1/s1. The van der Waals surface area contributed by atoms with Crippen molar-refractivity contribution >= 4 is 29.0 Å². The predicted octanol–water partition coefficient (Wildman–Crippen LogP) is 2.89. The van der Waals surface area contributed by atoms with Crippen molar-refractivity contribution in [3.05, 3.63) is 102 Å². The van der Waals surface area contributed by atoms with Gasteiger partial charge in [-0.05, 0) is 36.1 Å². The molecule has 0 bridgehead atoms. The van der Waals surface area contributed by atoms with E-state index in [1.54, 1.807) is 18.9 Å². The van der Waals surface area contributed by atoms with Gasteiger partial charge in [0.25, 0.3) is 0 Å². The maximum atomic E-state index is 12.9. The fourth-order valence-corrected chi connectivity index (χ4v) is 7.50. The van der Waals surface area contributed by atoms with Gasteiger partial charge in [0, 0.05) is 38.0 Å². The third kappa shape index (κ3) is 7.06. The first-order valence-electron chi connectivity index (χ1n) is 18.4. The van der Waals surface area contributed by atoms with Crippen LogP contribution in [-0.2, 0) is 6.42 Å². The maximum Gasteiger partial charge on any atom is 0.315 e. The van der Waals surface area contributed by atoms with Crippen molar-refractivity contribution < 1.29 is 15.0 Å². The first-order chi connectivity index (χ1) is 26.4. The van der Waals surface area contributed by atoms with Crippen molar-refractivity contribution in [2.45, 2.75) is 75.4 Å². The van der Waals surface area contributed by atoms with Crippen LogP contribution in [0.25, 0.3) is 11.2 Å². The summed E-state index contributed by atoms with van der Waals surface area (Å²) >= 11 is 0. The molecule has 2 aliphatic rings. The minimum Gasteiger partial charge on any atom is -0.388 e. The molecule has 1 aliphatic carbocycles. The molecule has 1 saturated heterocycles. The monoisotopic (exact) mass is 732 g/mol. The van der Waals surface area contributed by atoms with Gasteiger partial charge < -0.3 is 40.6 Å². The summed E-state index contributed by atoms with van der Waals surface area (Å²) in [6.07, 6.45) is 4.28. The normalized spacial score (nSPS) is 21.9. The number of aromatic amines is 1. The fourth-order valence-electron chi connectivity index (χ4n) is 7.50. The van der Waals surface area contributed by atoms with Crippen LogP contribution in [0.5, 0.6) is 0 Å². The highest BCUT2D eigenvalue weighted by atomic mass is 16.3.